The van der Waals surface area contributed by atoms with E-state index in [0.29, 0.717) is 0 Å². The van der Waals surface area contributed by atoms with Gasteiger partial charge in [0.1, 0.15) is 5.76 Å². The van der Waals surface area contributed by atoms with Crippen molar-refractivity contribution in [2.24, 2.45) is 11.7 Å². The first-order valence-electron chi connectivity index (χ1n) is 9.20. The Labute approximate surface area is 154 Å². The van der Waals surface area contributed by atoms with Crippen molar-refractivity contribution in [3.8, 4) is 0 Å². The highest BCUT2D eigenvalue weighted by molar-refractivity contribution is 5.79. The fraction of sp³-hybridized carbons (Fsp3) is 0.500. The van der Waals surface area contributed by atoms with Crippen molar-refractivity contribution in [1.82, 2.24) is 15.0 Å². The molecule has 6 heteroatoms. The first-order chi connectivity index (χ1) is 12.5. The van der Waals surface area contributed by atoms with Gasteiger partial charge in [0.2, 0.25) is 5.91 Å². The van der Waals surface area contributed by atoms with Gasteiger partial charge in [-0.2, -0.15) is 0 Å². The molecule has 0 radical (unpaired) electrons. The monoisotopic (exact) mass is 356 g/mol. The molecule has 2 unspecified atom stereocenters. The lowest BCUT2D eigenvalue weighted by molar-refractivity contribution is -0.137. The first kappa shape index (κ1) is 18.6. The molecule has 1 aliphatic heterocycles. The Bertz CT molecular complexity index is 716. The molecule has 140 valence electrons. The van der Waals surface area contributed by atoms with E-state index in [2.05, 4.69) is 10.1 Å². The average molecular weight is 356 g/mol. The highest BCUT2D eigenvalue weighted by atomic mass is 16.5. The smallest absolute Gasteiger partial charge is 0.227 e. The second-order valence-corrected chi connectivity index (χ2v) is 7.13. The van der Waals surface area contributed by atoms with E-state index in [1.165, 1.54) is 0 Å². The van der Waals surface area contributed by atoms with Crippen molar-refractivity contribution >= 4 is 5.91 Å². The van der Waals surface area contributed by atoms with Crippen LogP contribution in [-0.4, -0.2) is 47.0 Å². The number of aryl methyl sites for hydroxylation is 2. The number of aromatic nitrogens is 1. The maximum Gasteiger partial charge on any atom is 0.227 e. The van der Waals surface area contributed by atoms with Crippen LogP contribution in [-0.2, 0) is 11.3 Å². The van der Waals surface area contributed by atoms with Crippen molar-refractivity contribution in [1.29, 1.82) is 0 Å². The highest BCUT2D eigenvalue weighted by Gasteiger charge is 2.29. The van der Waals surface area contributed by atoms with E-state index < -0.39 is 0 Å². The molecule has 0 saturated carbocycles. The molecule has 2 atom stereocenters. The Morgan fingerprint density at radius 3 is 2.42 bits per heavy atom. The summed E-state index contributed by atoms with van der Waals surface area (Å²) in [5, 5.41) is 4.02. The number of hydrogen-bond donors (Lipinski definition) is 1. The summed E-state index contributed by atoms with van der Waals surface area (Å²) in [6.45, 7) is 9.83. The number of carbonyl (C=O) groups excluding carboxylic acids is 1. The van der Waals surface area contributed by atoms with Crippen LogP contribution in [0.15, 0.2) is 34.9 Å². The van der Waals surface area contributed by atoms with E-state index in [0.717, 1.165) is 55.3 Å². The predicted molar refractivity (Wildman–Crippen MR) is 100 cm³/mol. The predicted octanol–water partition coefficient (Wildman–Crippen LogP) is 2.27. The van der Waals surface area contributed by atoms with Crippen LogP contribution in [0.25, 0.3) is 0 Å². The summed E-state index contributed by atoms with van der Waals surface area (Å²) in [6, 6.07) is 9.57. The fourth-order valence-corrected chi connectivity index (χ4v) is 3.48. The van der Waals surface area contributed by atoms with Crippen LogP contribution in [0.4, 0.5) is 0 Å². The van der Waals surface area contributed by atoms with Gasteiger partial charge in [-0.15, -0.1) is 0 Å². The van der Waals surface area contributed by atoms with Gasteiger partial charge in [0.25, 0.3) is 0 Å². The van der Waals surface area contributed by atoms with E-state index in [1.807, 2.05) is 56.0 Å². The van der Waals surface area contributed by atoms with Crippen molar-refractivity contribution < 1.29 is 9.32 Å². The minimum Gasteiger partial charge on any atom is -0.361 e. The molecular weight excluding hydrogens is 328 g/mol. The van der Waals surface area contributed by atoms with Gasteiger partial charge < -0.3 is 15.2 Å². The Hall–Kier alpha value is -2.18. The van der Waals surface area contributed by atoms with E-state index >= 15 is 0 Å². The summed E-state index contributed by atoms with van der Waals surface area (Å²) in [6.07, 6.45) is 0. The van der Waals surface area contributed by atoms with E-state index in [1.54, 1.807) is 0 Å². The SMILES string of the molecule is Cc1noc(C)c1CN1CCN(C(=O)C(C)C(N)c2ccccc2)CC1. The molecular formula is C20H28N4O2. The van der Waals surface area contributed by atoms with Crippen LogP contribution in [0.2, 0.25) is 0 Å². The molecule has 1 amide bonds. The standard InChI is InChI=1S/C20H28N4O2/c1-14(19(21)17-7-5-4-6-8-17)20(25)24-11-9-23(10-12-24)13-18-15(2)22-26-16(18)3/h4-8,14,19H,9-13,21H2,1-3H3. The maximum absolute atomic E-state index is 12.8. The quantitative estimate of drug-likeness (QED) is 0.889. The molecule has 0 spiro atoms. The molecule has 1 aliphatic rings. The van der Waals surface area contributed by atoms with Crippen LogP contribution >= 0.6 is 0 Å². The summed E-state index contributed by atoms with van der Waals surface area (Å²) in [5.41, 5.74) is 9.43. The molecule has 0 aliphatic carbocycles. The molecule has 3 rings (SSSR count). The molecule has 1 aromatic heterocycles. The minimum absolute atomic E-state index is 0.137. The first-order valence-corrected chi connectivity index (χ1v) is 9.20. The van der Waals surface area contributed by atoms with Gasteiger partial charge in [0, 0.05) is 44.3 Å². The molecule has 26 heavy (non-hydrogen) atoms. The van der Waals surface area contributed by atoms with Gasteiger partial charge >= 0.3 is 0 Å². The zero-order valence-electron chi connectivity index (χ0n) is 15.8. The van der Waals surface area contributed by atoms with Crippen LogP contribution < -0.4 is 5.73 Å². The molecule has 2 heterocycles. The van der Waals surface area contributed by atoms with Crippen molar-refractivity contribution in [3.63, 3.8) is 0 Å². The summed E-state index contributed by atoms with van der Waals surface area (Å²) >= 11 is 0. The zero-order chi connectivity index (χ0) is 18.7. The van der Waals surface area contributed by atoms with Gasteiger partial charge in [0.15, 0.2) is 0 Å². The molecule has 1 fully saturated rings. The normalized spacial score (nSPS) is 17.9. The largest absolute Gasteiger partial charge is 0.361 e. The second-order valence-electron chi connectivity index (χ2n) is 7.13. The third-order valence-corrected chi connectivity index (χ3v) is 5.36. The van der Waals surface area contributed by atoms with Gasteiger partial charge in [-0.1, -0.05) is 42.4 Å². The Morgan fingerprint density at radius 2 is 1.85 bits per heavy atom. The number of rotatable bonds is 5. The highest BCUT2D eigenvalue weighted by Crippen LogP contribution is 2.22. The second kappa shape index (κ2) is 8.01. The summed E-state index contributed by atoms with van der Waals surface area (Å²) < 4.78 is 5.24. The number of nitrogens with zero attached hydrogens (tertiary/aromatic N) is 3. The Morgan fingerprint density at radius 1 is 1.19 bits per heavy atom. The summed E-state index contributed by atoms with van der Waals surface area (Å²) in [7, 11) is 0. The van der Waals surface area contributed by atoms with Crippen LogP contribution in [0.3, 0.4) is 0 Å². The number of amides is 1. The number of benzene rings is 1. The van der Waals surface area contributed by atoms with Crippen molar-refractivity contribution in [3.05, 3.63) is 52.9 Å². The lowest BCUT2D eigenvalue weighted by Crippen LogP contribution is -2.50. The summed E-state index contributed by atoms with van der Waals surface area (Å²) in [5.74, 6) is 0.785. The van der Waals surface area contributed by atoms with Crippen LogP contribution in [0.1, 0.15) is 35.5 Å². The average Bonchev–Trinajstić information content (AvgIpc) is 2.99. The van der Waals surface area contributed by atoms with E-state index in [9.17, 15) is 4.79 Å². The third-order valence-electron chi connectivity index (χ3n) is 5.36. The molecule has 6 nitrogen and oxygen atoms in total. The molecule has 2 N–H and O–H groups in total. The Kier molecular flexibility index (Phi) is 5.74. The molecule has 1 aromatic carbocycles. The van der Waals surface area contributed by atoms with Crippen LogP contribution in [0.5, 0.6) is 0 Å². The number of hydrogen-bond acceptors (Lipinski definition) is 5. The summed E-state index contributed by atoms with van der Waals surface area (Å²) in [4.78, 5) is 17.1. The minimum atomic E-state index is -0.274. The van der Waals surface area contributed by atoms with Crippen molar-refractivity contribution in [2.75, 3.05) is 26.2 Å². The lowest BCUT2D eigenvalue weighted by Gasteiger charge is -2.36. The van der Waals surface area contributed by atoms with Crippen molar-refractivity contribution in [2.45, 2.75) is 33.4 Å². The number of piperazine rings is 1. The van der Waals surface area contributed by atoms with Gasteiger partial charge in [-0.05, 0) is 19.4 Å². The van der Waals surface area contributed by atoms with Gasteiger partial charge in [0.05, 0.1) is 11.6 Å². The number of carbonyl (C=O) groups is 1. The molecule has 2 aromatic rings. The zero-order valence-corrected chi connectivity index (χ0v) is 15.8. The third kappa shape index (κ3) is 3.97. The molecule has 1 saturated heterocycles. The molecule has 0 bridgehead atoms. The lowest BCUT2D eigenvalue weighted by atomic mass is 9.94. The van der Waals surface area contributed by atoms with E-state index in [4.69, 9.17) is 10.3 Å². The van der Waals surface area contributed by atoms with E-state index in [-0.39, 0.29) is 17.9 Å². The number of nitrogens with two attached hydrogens (primary N) is 1. The topological polar surface area (TPSA) is 75.6 Å². The maximum atomic E-state index is 12.8. The van der Waals surface area contributed by atoms with Crippen LogP contribution in [0, 0.1) is 19.8 Å². The van der Waals surface area contributed by atoms with Gasteiger partial charge in [-0.3, -0.25) is 9.69 Å². The van der Waals surface area contributed by atoms with Gasteiger partial charge in [-0.25, -0.2) is 0 Å². The Balaban J connectivity index is 1.55. The fourth-order valence-electron chi connectivity index (χ4n) is 3.48.